The number of anilines is 2. The van der Waals surface area contributed by atoms with Crippen LogP contribution in [0.4, 0.5) is 11.4 Å². The highest BCUT2D eigenvalue weighted by molar-refractivity contribution is 6.46. The quantitative estimate of drug-likeness (QED) is 0.669. The van der Waals surface area contributed by atoms with Crippen LogP contribution in [0.1, 0.15) is 5.56 Å². The summed E-state index contributed by atoms with van der Waals surface area (Å²) in [6, 6.07) is 28.5. The van der Waals surface area contributed by atoms with E-state index in [0.29, 0.717) is 5.70 Å². The lowest BCUT2D eigenvalue weighted by molar-refractivity contribution is -0.138. The van der Waals surface area contributed by atoms with E-state index < -0.39 is 11.7 Å². The van der Waals surface area contributed by atoms with Gasteiger partial charge in [0.05, 0.1) is 17.1 Å². The van der Waals surface area contributed by atoms with Crippen molar-refractivity contribution in [2.24, 2.45) is 0 Å². The summed E-state index contributed by atoms with van der Waals surface area (Å²) in [6.07, 6.45) is 1.40. The van der Waals surface area contributed by atoms with Crippen molar-refractivity contribution in [1.82, 2.24) is 5.01 Å². The Morgan fingerprint density at radius 1 is 0.615 bits per heavy atom. The maximum Gasteiger partial charge on any atom is 0.317 e. The van der Waals surface area contributed by atoms with Crippen LogP contribution in [0.2, 0.25) is 0 Å². The SMILES string of the molecule is O=C1C=C(c2ccccc2)N(N(c2ccccc2)c2ccccc2)C1=O. The lowest BCUT2D eigenvalue weighted by Crippen LogP contribution is -2.41. The number of carbonyl (C=O) groups is 2. The second kappa shape index (κ2) is 6.69. The van der Waals surface area contributed by atoms with Gasteiger partial charge in [-0.25, -0.2) is 10.0 Å². The van der Waals surface area contributed by atoms with Crippen LogP contribution >= 0.6 is 0 Å². The van der Waals surface area contributed by atoms with Crippen molar-refractivity contribution in [2.45, 2.75) is 0 Å². The molecule has 3 aromatic rings. The minimum atomic E-state index is -0.573. The van der Waals surface area contributed by atoms with Crippen LogP contribution in [0.25, 0.3) is 5.70 Å². The molecule has 1 aliphatic rings. The van der Waals surface area contributed by atoms with Gasteiger partial charge in [0.1, 0.15) is 0 Å². The first-order valence-electron chi connectivity index (χ1n) is 8.31. The Morgan fingerprint density at radius 3 is 1.58 bits per heavy atom. The number of rotatable bonds is 4. The Balaban J connectivity index is 1.88. The molecule has 0 atom stereocenters. The fourth-order valence-corrected chi connectivity index (χ4v) is 2.99. The molecule has 0 unspecified atom stereocenters. The van der Waals surface area contributed by atoms with Crippen LogP contribution in [-0.2, 0) is 9.59 Å². The summed E-state index contributed by atoms with van der Waals surface area (Å²) in [5.74, 6) is -1.10. The molecule has 0 N–H and O–H groups in total. The minimum Gasteiger partial charge on any atom is -0.284 e. The molecule has 0 spiro atoms. The zero-order valence-electron chi connectivity index (χ0n) is 13.9. The molecule has 1 heterocycles. The molecule has 1 aliphatic heterocycles. The number of carbonyl (C=O) groups excluding carboxylic acids is 2. The van der Waals surface area contributed by atoms with Gasteiger partial charge in [0.25, 0.3) is 0 Å². The second-order valence-corrected chi connectivity index (χ2v) is 5.86. The Hall–Kier alpha value is -3.66. The predicted molar refractivity (Wildman–Crippen MR) is 101 cm³/mol. The van der Waals surface area contributed by atoms with E-state index in [1.807, 2.05) is 91.0 Å². The first-order chi connectivity index (χ1) is 12.8. The number of benzene rings is 3. The molecule has 0 aliphatic carbocycles. The van der Waals surface area contributed by atoms with Gasteiger partial charge in [-0.2, -0.15) is 0 Å². The number of hydrazine groups is 1. The van der Waals surface area contributed by atoms with Crippen LogP contribution < -0.4 is 5.01 Å². The van der Waals surface area contributed by atoms with Crippen LogP contribution in [0.15, 0.2) is 97.1 Å². The molecule has 0 fully saturated rings. The van der Waals surface area contributed by atoms with E-state index in [2.05, 4.69) is 0 Å². The third-order valence-corrected chi connectivity index (χ3v) is 4.17. The normalized spacial score (nSPS) is 13.7. The summed E-state index contributed by atoms with van der Waals surface area (Å²) in [6.45, 7) is 0. The number of hydrogen-bond acceptors (Lipinski definition) is 3. The molecule has 0 saturated carbocycles. The smallest absolute Gasteiger partial charge is 0.284 e. The van der Waals surface area contributed by atoms with Crippen molar-refractivity contribution in [3.8, 4) is 0 Å². The van der Waals surface area contributed by atoms with Gasteiger partial charge in [-0.15, -0.1) is 0 Å². The van der Waals surface area contributed by atoms with Crippen molar-refractivity contribution < 1.29 is 9.59 Å². The van der Waals surface area contributed by atoms with Crippen LogP contribution in [0.5, 0.6) is 0 Å². The molecule has 126 valence electrons. The molecule has 3 aromatic carbocycles. The highest BCUT2D eigenvalue weighted by Crippen LogP contribution is 2.35. The predicted octanol–water partition coefficient (Wildman–Crippen LogP) is 4.19. The van der Waals surface area contributed by atoms with Crippen molar-refractivity contribution in [1.29, 1.82) is 0 Å². The van der Waals surface area contributed by atoms with Gasteiger partial charge in [-0.1, -0.05) is 66.7 Å². The number of nitrogens with zero attached hydrogens (tertiary/aromatic N) is 2. The van der Waals surface area contributed by atoms with Gasteiger partial charge in [-0.05, 0) is 24.3 Å². The zero-order valence-corrected chi connectivity index (χ0v) is 13.9. The largest absolute Gasteiger partial charge is 0.317 e. The van der Waals surface area contributed by atoms with Crippen molar-refractivity contribution in [3.63, 3.8) is 0 Å². The van der Waals surface area contributed by atoms with Crippen molar-refractivity contribution >= 4 is 28.8 Å². The molecule has 4 heteroatoms. The Labute approximate surface area is 151 Å². The monoisotopic (exact) mass is 340 g/mol. The minimum absolute atomic E-state index is 0.527. The van der Waals surface area contributed by atoms with Crippen LogP contribution in [0.3, 0.4) is 0 Å². The Kier molecular flexibility index (Phi) is 4.07. The lowest BCUT2D eigenvalue weighted by Gasteiger charge is -2.35. The zero-order chi connectivity index (χ0) is 17.9. The summed E-state index contributed by atoms with van der Waals surface area (Å²) in [5, 5.41) is 3.22. The number of ketones is 1. The van der Waals surface area contributed by atoms with Gasteiger partial charge >= 0.3 is 5.91 Å². The van der Waals surface area contributed by atoms with Gasteiger partial charge < -0.3 is 0 Å². The molecule has 4 nitrogen and oxygen atoms in total. The first-order valence-corrected chi connectivity index (χ1v) is 8.31. The Morgan fingerprint density at radius 2 is 1.08 bits per heavy atom. The topological polar surface area (TPSA) is 40.6 Å². The summed E-state index contributed by atoms with van der Waals surface area (Å²) < 4.78 is 0. The summed E-state index contributed by atoms with van der Waals surface area (Å²) in [5.41, 5.74) is 2.96. The standard InChI is InChI=1S/C22H16N2O2/c25-21-16-20(17-10-4-1-5-11-17)24(22(21)26)23(18-12-6-2-7-13-18)19-14-8-3-9-15-19/h1-16H. The first kappa shape index (κ1) is 15.8. The van der Waals surface area contributed by atoms with E-state index in [1.165, 1.54) is 11.1 Å². The third kappa shape index (κ3) is 2.78. The maximum atomic E-state index is 12.8. The summed E-state index contributed by atoms with van der Waals surface area (Å²) in [4.78, 5) is 25.0. The van der Waals surface area contributed by atoms with E-state index in [0.717, 1.165) is 16.9 Å². The molecule has 0 aromatic heterocycles. The van der Waals surface area contributed by atoms with Crippen LogP contribution in [0, 0.1) is 0 Å². The average Bonchev–Trinajstić information content (AvgIpc) is 3.00. The molecule has 0 saturated heterocycles. The molecule has 26 heavy (non-hydrogen) atoms. The maximum absolute atomic E-state index is 12.8. The van der Waals surface area contributed by atoms with Crippen molar-refractivity contribution in [3.05, 3.63) is 103 Å². The molecule has 4 rings (SSSR count). The van der Waals surface area contributed by atoms with Gasteiger partial charge in [0, 0.05) is 11.6 Å². The highest BCUT2D eigenvalue weighted by Gasteiger charge is 2.37. The van der Waals surface area contributed by atoms with Crippen LogP contribution in [-0.4, -0.2) is 16.7 Å². The molecule has 0 radical (unpaired) electrons. The van der Waals surface area contributed by atoms with E-state index in [1.54, 1.807) is 5.01 Å². The number of hydrogen-bond donors (Lipinski definition) is 0. The third-order valence-electron chi connectivity index (χ3n) is 4.17. The van der Waals surface area contributed by atoms with E-state index in [4.69, 9.17) is 0 Å². The summed E-state index contributed by atoms with van der Waals surface area (Å²) >= 11 is 0. The van der Waals surface area contributed by atoms with Gasteiger partial charge in [-0.3, -0.25) is 9.59 Å². The average molecular weight is 340 g/mol. The number of amides is 1. The van der Waals surface area contributed by atoms with E-state index in [9.17, 15) is 9.59 Å². The summed E-state index contributed by atoms with van der Waals surface area (Å²) in [7, 11) is 0. The molecule has 1 amide bonds. The lowest BCUT2D eigenvalue weighted by atomic mass is 10.1. The highest BCUT2D eigenvalue weighted by atomic mass is 16.2. The van der Waals surface area contributed by atoms with E-state index >= 15 is 0 Å². The Bertz CT molecular complexity index is 927. The fourth-order valence-electron chi connectivity index (χ4n) is 2.99. The van der Waals surface area contributed by atoms with E-state index in [-0.39, 0.29) is 0 Å². The molecule has 0 bridgehead atoms. The van der Waals surface area contributed by atoms with Crippen molar-refractivity contribution in [2.75, 3.05) is 5.01 Å². The van der Waals surface area contributed by atoms with Gasteiger partial charge in [0.15, 0.2) is 0 Å². The fraction of sp³-hybridized carbons (Fsp3) is 0. The number of para-hydroxylation sites is 2. The molecular formula is C22H16N2O2. The molecular weight excluding hydrogens is 324 g/mol. The van der Waals surface area contributed by atoms with Gasteiger partial charge in [0.2, 0.25) is 5.78 Å². The second-order valence-electron chi connectivity index (χ2n) is 5.86.